The number of carboxylic acids is 1. The third-order valence-electron chi connectivity index (χ3n) is 2.77. The molecule has 7 heteroatoms. The maximum absolute atomic E-state index is 12.2. The van der Waals surface area contributed by atoms with Gasteiger partial charge in [-0.3, -0.25) is 14.6 Å². The van der Waals surface area contributed by atoms with Crippen LogP contribution in [0.2, 0.25) is 0 Å². The van der Waals surface area contributed by atoms with Crippen LogP contribution in [-0.2, 0) is 11.2 Å². The third-order valence-corrected chi connectivity index (χ3v) is 3.67. The fraction of sp³-hybridized carbons (Fsp3) is 0.308. The van der Waals surface area contributed by atoms with E-state index in [0.717, 1.165) is 0 Å². The number of amides is 1. The van der Waals surface area contributed by atoms with Crippen molar-refractivity contribution in [3.8, 4) is 0 Å². The molecule has 0 saturated heterocycles. The molecular formula is C13H15N3O3S. The Kier molecular flexibility index (Phi) is 4.75. The number of carbonyl (C=O) groups is 2. The van der Waals surface area contributed by atoms with Gasteiger partial charge in [0.25, 0.3) is 5.91 Å². The van der Waals surface area contributed by atoms with E-state index in [4.69, 9.17) is 10.8 Å². The van der Waals surface area contributed by atoms with Crippen LogP contribution in [0.25, 0.3) is 0 Å². The van der Waals surface area contributed by atoms with Crippen molar-refractivity contribution >= 4 is 28.8 Å². The van der Waals surface area contributed by atoms with E-state index in [2.05, 4.69) is 10.3 Å². The highest BCUT2D eigenvalue weighted by Gasteiger charge is 2.19. The number of rotatable bonds is 4. The van der Waals surface area contributed by atoms with Gasteiger partial charge < -0.3 is 16.2 Å². The molecule has 0 aromatic heterocycles. The average Bonchev–Trinajstić information content (AvgIpc) is 2.82. The van der Waals surface area contributed by atoms with E-state index in [1.807, 2.05) is 0 Å². The summed E-state index contributed by atoms with van der Waals surface area (Å²) in [6.45, 7) is 0.487. The van der Waals surface area contributed by atoms with Gasteiger partial charge in [0.15, 0.2) is 5.17 Å². The molecule has 1 atom stereocenters. The van der Waals surface area contributed by atoms with E-state index in [1.54, 1.807) is 24.3 Å². The predicted molar refractivity (Wildman–Crippen MR) is 77.7 cm³/mol. The summed E-state index contributed by atoms with van der Waals surface area (Å²) in [5.41, 5.74) is 6.86. The summed E-state index contributed by atoms with van der Waals surface area (Å²) in [5, 5.41) is 11.8. The molecule has 1 aliphatic rings. The Balaban J connectivity index is 2.07. The highest BCUT2D eigenvalue weighted by molar-refractivity contribution is 8.14. The maximum Gasteiger partial charge on any atom is 0.303 e. The Morgan fingerprint density at radius 2 is 2.20 bits per heavy atom. The number of benzene rings is 1. The number of aliphatic carboxylic acids is 1. The number of carbonyl (C=O) groups excluding carboxylic acids is 1. The molecule has 4 N–H and O–H groups in total. The molecule has 1 aromatic carbocycles. The van der Waals surface area contributed by atoms with Crippen LogP contribution in [0, 0.1) is 0 Å². The monoisotopic (exact) mass is 293 g/mol. The molecule has 0 radical (unpaired) electrons. The van der Waals surface area contributed by atoms with Crippen LogP contribution in [-0.4, -0.2) is 34.1 Å². The minimum absolute atomic E-state index is 0.00906. The van der Waals surface area contributed by atoms with E-state index in [9.17, 15) is 9.59 Å². The normalized spacial score (nSPS) is 17.6. The fourth-order valence-electron chi connectivity index (χ4n) is 1.83. The maximum atomic E-state index is 12.2. The first-order valence-corrected chi connectivity index (χ1v) is 7.02. The first-order chi connectivity index (χ1) is 9.56. The third kappa shape index (κ3) is 3.82. The van der Waals surface area contributed by atoms with Gasteiger partial charge >= 0.3 is 5.97 Å². The smallest absolute Gasteiger partial charge is 0.303 e. The van der Waals surface area contributed by atoms with Crippen LogP contribution in [0.15, 0.2) is 29.3 Å². The standard InChI is InChI=1S/C13H15N3O3S/c14-10-7-15-13(20-10)16-12(19)9-4-2-1-3-8(9)5-6-11(17)18/h1-4,10H,5-7,14H2,(H,17,18)(H,15,16,19). The van der Waals surface area contributed by atoms with Gasteiger partial charge in [-0.2, -0.15) is 0 Å². The van der Waals surface area contributed by atoms with E-state index in [0.29, 0.717) is 29.3 Å². The largest absolute Gasteiger partial charge is 0.481 e. The number of nitrogens with zero attached hydrogens (tertiary/aromatic N) is 1. The van der Waals surface area contributed by atoms with Crippen molar-refractivity contribution in [3.63, 3.8) is 0 Å². The zero-order valence-electron chi connectivity index (χ0n) is 10.7. The topological polar surface area (TPSA) is 105 Å². The Bertz CT molecular complexity index is 560. The van der Waals surface area contributed by atoms with Crippen molar-refractivity contribution in [2.75, 3.05) is 6.54 Å². The molecule has 20 heavy (non-hydrogen) atoms. The fourth-order valence-corrected chi connectivity index (χ4v) is 2.56. The molecule has 1 unspecified atom stereocenters. The molecule has 0 saturated carbocycles. The van der Waals surface area contributed by atoms with Gasteiger partial charge in [0.1, 0.15) is 0 Å². The lowest BCUT2D eigenvalue weighted by Crippen LogP contribution is -2.29. The average molecular weight is 293 g/mol. The van der Waals surface area contributed by atoms with Crippen molar-refractivity contribution in [2.45, 2.75) is 18.2 Å². The van der Waals surface area contributed by atoms with Crippen LogP contribution < -0.4 is 11.1 Å². The zero-order valence-corrected chi connectivity index (χ0v) is 11.5. The summed E-state index contributed by atoms with van der Waals surface area (Å²) in [5.74, 6) is -1.17. The summed E-state index contributed by atoms with van der Waals surface area (Å²) >= 11 is 1.31. The van der Waals surface area contributed by atoms with E-state index < -0.39 is 5.97 Å². The van der Waals surface area contributed by atoms with Crippen molar-refractivity contribution in [3.05, 3.63) is 35.4 Å². The molecule has 1 amide bonds. The summed E-state index contributed by atoms with van der Waals surface area (Å²) in [6.07, 6.45) is 0.308. The molecule has 1 aliphatic heterocycles. The Morgan fingerprint density at radius 1 is 1.45 bits per heavy atom. The van der Waals surface area contributed by atoms with Crippen LogP contribution in [0.4, 0.5) is 0 Å². The number of amidine groups is 1. The minimum atomic E-state index is -0.887. The van der Waals surface area contributed by atoms with Crippen LogP contribution in [0.5, 0.6) is 0 Å². The second-order valence-electron chi connectivity index (χ2n) is 4.31. The van der Waals surface area contributed by atoms with Gasteiger partial charge in [0, 0.05) is 12.0 Å². The first kappa shape index (κ1) is 14.5. The quantitative estimate of drug-likeness (QED) is 0.762. The zero-order chi connectivity index (χ0) is 14.5. The summed E-state index contributed by atoms with van der Waals surface area (Å²) in [4.78, 5) is 26.9. The SMILES string of the molecule is NC1CN=C(NC(=O)c2ccccc2CCC(=O)O)S1. The summed E-state index contributed by atoms with van der Waals surface area (Å²) in [7, 11) is 0. The molecule has 0 spiro atoms. The van der Waals surface area contributed by atoms with Gasteiger partial charge in [-0.15, -0.1) is 0 Å². The van der Waals surface area contributed by atoms with Crippen molar-refractivity contribution in [1.82, 2.24) is 5.32 Å². The number of carboxylic acid groups (broad SMARTS) is 1. The van der Waals surface area contributed by atoms with Crippen LogP contribution in [0.3, 0.4) is 0 Å². The second kappa shape index (κ2) is 6.53. The van der Waals surface area contributed by atoms with Gasteiger partial charge in [-0.05, 0) is 18.1 Å². The molecule has 1 aromatic rings. The number of aliphatic imine (C=N–C) groups is 1. The Hall–Kier alpha value is -1.86. The lowest BCUT2D eigenvalue weighted by molar-refractivity contribution is -0.136. The lowest BCUT2D eigenvalue weighted by Gasteiger charge is -2.09. The van der Waals surface area contributed by atoms with E-state index in [1.165, 1.54) is 11.8 Å². The highest BCUT2D eigenvalue weighted by atomic mass is 32.2. The lowest BCUT2D eigenvalue weighted by atomic mass is 10.0. The highest BCUT2D eigenvalue weighted by Crippen LogP contribution is 2.16. The molecule has 6 nitrogen and oxygen atoms in total. The molecule has 0 bridgehead atoms. The van der Waals surface area contributed by atoms with Gasteiger partial charge in [0.05, 0.1) is 11.9 Å². The molecule has 1 heterocycles. The van der Waals surface area contributed by atoms with Gasteiger partial charge in [0.2, 0.25) is 0 Å². The number of nitrogens with one attached hydrogen (secondary N) is 1. The Labute approximate surface area is 120 Å². The summed E-state index contributed by atoms with van der Waals surface area (Å²) in [6, 6.07) is 6.96. The minimum Gasteiger partial charge on any atom is -0.481 e. The molecular weight excluding hydrogens is 278 g/mol. The molecule has 106 valence electrons. The second-order valence-corrected chi connectivity index (χ2v) is 5.54. The number of aryl methyl sites for hydroxylation is 1. The predicted octanol–water partition coefficient (Wildman–Crippen LogP) is 0.821. The number of hydrogen-bond donors (Lipinski definition) is 3. The molecule has 0 fully saturated rings. The van der Waals surface area contributed by atoms with Crippen molar-refractivity contribution < 1.29 is 14.7 Å². The number of nitrogens with two attached hydrogens (primary N) is 1. The molecule has 2 rings (SSSR count). The van der Waals surface area contributed by atoms with Gasteiger partial charge in [-0.1, -0.05) is 30.0 Å². The van der Waals surface area contributed by atoms with Crippen LogP contribution >= 0.6 is 11.8 Å². The van der Waals surface area contributed by atoms with Crippen LogP contribution in [0.1, 0.15) is 22.3 Å². The molecule has 0 aliphatic carbocycles. The van der Waals surface area contributed by atoms with Crippen molar-refractivity contribution in [2.24, 2.45) is 10.7 Å². The Morgan fingerprint density at radius 3 is 2.85 bits per heavy atom. The number of thioether (sulfide) groups is 1. The number of hydrogen-bond acceptors (Lipinski definition) is 5. The first-order valence-electron chi connectivity index (χ1n) is 6.14. The van der Waals surface area contributed by atoms with E-state index >= 15 is 0 Å². The van der Waals surface area contributed by atoms with Crippen molar-refractivity contribution in [1.29, 1.82) is 0 Å². The summed E-state index contributed by atoms with van der Waals surface area (Å²) < 4.78 is 0. The van der Waals surface area contributed by atoms with Gasteiger partial charge in [-0.25, -0.2) is 0 Å². The van der Waals surface area contributed by atoms with E-state index in [-0.39, 0.29) is 17.7 Å².